The molecule has 0 saturated carbocycles. The molecule has 0 spiro atoms. The molecular formula is C40H36Br2N2O6. The molecule has 0 atom stereocenters. The van der Waals surface area contributed by atoms with Gasteiger partial charge in [0, 0.05) is 43.3 Å². The van der Waals surface area contributed by atoms with Crippen LogP contribution in [0.25, 0.3) is 21.5 Å². The summed E-state index contributed by atoms with van der Waals surface area (Å²) in [7, 11) is 9.81. The second-order valence-corrected chi connectivity index (χ2v) is 12.4. The fourth-order valence-corrected chi connectivity index (χ4v) is 5.87. The summed E-state index contributed by atoms with van der Waals surface area (Å²) in [6.45, 7) is 0. The molecule has 0 aliphatic carbocycles. The predicted octanol–water partition coefficient (Wildman–Crippen LogP) is 10.8. The average Bonchev–Trinajstić information content (AvgIpc) is 3.16. The van der Waals surface area contributed by atoms with Gasteiger partial charge in [0.2, 0.25) is 0 Å². The van der Waals surface area contributed by atoms with Gasteiger partial charge in [-0.1, -0.05) is 56.1 Å². The summed E-state index contributed by atoms with van der Waals surface area (Å²) in [5.74, 6) is 4.33. The third-order valence-corrected chi connectivity index (χ3v) is 9.26. The summed E-state index contributed by atoms with van der Waals surface area (Å²) in [5, 5.41) is 4.07. The van der Waals surface area contributed by atoms with Gasteiger partial charge in [0.25, 0.3) is 0 Å². The summed E-state index contributed by atoms with van der Waals surface area (Å²) in [6, 6.07) is 31.3. The predicted molar refractivity (Wildman–Crippen MR) is 210 cm³/mol. The third kappa shape index (κ3) is 8.38. The van der Waals surface area contributed by atoms with E-state index in [0.29, 0.717) is 23.0 Å². The minimum absolute atomic E-state index is 0.681. The molecule has 256 valence electrons. The second kappa shape index (κ2) is 17.0. The van der Waals surface area contributed by atoms with Crippen LogP contribution < -0.4 is 28.4 Å². The molecule has 50 heavy (non-hydrogen) atoms. The SMILES string of the molecule is COc1ccc(Br)c(C=Nc2cccc3cc(OC)c(OC)cc23)c1.COc1ccc(Br)c(C=Nc2cccc3cc(OC)c(OC)cc23)c1. The Morgan fingerprint density at radius 1 is 0.440 bits per heavy atom. The molecule has 0 heterocycles. The van der Waals surface area contributed by atoms with Crippen LogP contribution in [-0.4, -0.2) is 55.1 Å². The van der Waals surface area contributed by atoms with Crippen molar-refractivity contribution in [2.75, 3.05) is 42.7 Å². The number of ether oxygens (including phenoxy) is 6. The van der Waals surface area contributed by atoms with Crippen molar-refractivity contribution >= 4 is 77.2 Å². The van der Waals surface area contributed by atoms with E-state index in [1.165, 1.54) is 0 Å². The Kier molecular flexibility index (Phi) is 12.4. The van der Waals surface area contributed by atoms with Crippen molar-refractivity contribution < 1.29 is 28.4 Å². The van der Waals surface area contributed by atoms with Gasteiger partial charge in [-0.15, -0.1) is 0 Å². The molecule has 0 saturated heterocycles. The van der Waals surface area contributed by atoms with Crippen molar-refractivity contribution in [1.29, 1.82) is 0 Å². The second-order valence-electron chi connectivity index (χ2n) is 10.7. The Morgan fingerprint density at radius 2 is 0.820 bits per heavy atom. The zero-order valence-corrected chi connectivity index (χ0v) is 31.7. The van der Waals surface area contributed by atoms with Gasteiger partial charge in [-0.3, -0.25) is 9.98 Å². The monoisotopic (exact) mass is 798 g/mol. The maximum absolute atomic E-state index is 5.41. The quantitative estimate of drug-likeness (QED) is 0.128. The van der Waals surface area contributed by atoms with Crippen LogP contribution in [0.15, 0.2) is 116 Å². The molecule has 0 amide bonds. The van der Waals surface area contributed by atoms with Crippen molar-refractivity contribution in [3.8, 4) is 34.5 Å². The number of halogens is 2. The van der Waals surface area contributed by atoms with Crippen LogP contribution >= 0.6 is 31.9 Å². The number of nitrogens with zero attached hydrogens (tertiary/aromatic N) is 2. The molecule has 6 aromatic carbocycles. The number of aliphatic imine (C=N–C) groups is 2. The maximum atomic E-state index is 5.41. The minimum atomic E-state index is 0.681. The van der Waals surface area contributed by atoms with Crippen molar-refractivity contribution in [1.82, 2.24) is 0 Å². The zero-order chi connectivity index (χ0) is 35.6. The summed E-state index contributed by atoms with van der Waals surface area (Å²) in [5.41, 5.74) is 3.59. The first-order chi connectivity index (χ1) is 24.3. The number of rotatable bonds is 10. The molecule has 8 nitrogen and oxygen atoms in total. The Hall–Kier alpha value is -5.06. The molecule has 0 radical (unpaired) electrons. The van der Waals surface area contributed by atoms with Gasteiger partial charge < -0.3 is 28.4 Å². The fourth-order valence-electron chi connectivity index (χ4n) is 5.17. The van der Waals surface area contributed by atoms with E-state index in [2.05, 4.69) is 41.8 Å². The van der Waals surface area contributed by atoms with E-state index in [1.54, 1.807) is 42.7 Å². The molecule has 0 aromatic heterocycles. The van der Waals surface area contributed by atoms with Crippen molar-refractivity contribution in [2.45, 2.75) is 0 Å². The van der Waals surface area contributed by atoms with Gasteiger partial charge in [-0.25, -0.2) is 0 Å². The van der Waals surface area contributed by atoms with Gasteiger partial charge in [-0.2, -0.15) is 0 Å². The largest absolute Gasteiger partial charge is 0.497 e. The highest BCUT2D eigenvalue weighted by atomic mass is 79.9. The molecule has 0 bridgehead atoms. The van der Waals surface area contributed by atoms with E-state index < -0.39 is 0 Å². The van der Waals surface area contributed by atoms with Gasteiger partial charge >= 0.3 is 0 Å². The van der Waals surface area contributed by atoms with Crippen LogP contribution in [0.5, 0.6) is 34.5 Å². The normalized spacial score (nSPS) is 11.0. The molecular weight excluding hydrogens is 764 g/mol. The summed E-state index contributed by atoms with van der Waals surface area (Å²) in [6.07, 6.45) is 3.64. The van der Waals surface area contributed by atoms with Gasteiger partial charge in [0.15, 0.2) is 23.0 Å². The Balaban J connectivity index is 0.000000194. The molecule has 0 aliphatic heterocycles. The summed E-state index contributed by atoms with van der Waals surface area (Å²) >= 11 is 7.08. The first-order valence-electron chi connectivity index (χ1n) is 15.4. The molecule has 10 heteroatoms. The zero-order valence-electron chi connectivity index (χ0n) is 28.5. The van der Waals surface area contributed by atoms with Crippen LogP contribution in [0, 0.1) is 0 Å². The van der Waals surface area contributed by atoms with E-state index in [9.17, 15) is 0 Å². The highest BCUT2D eigenvalue weighted by Gasteiger charge is 2.10. The molecule has 0 fully saturated rings. The highest BCUT2D eigenvalue weighted by Crippen LogP contribution is 2.38. The lowest BCUT2D eigenvalue weighted by Crippen LogP contribution is -1.91. The standard InChI is InChI=1S/2C20H18BrNO3/c2*1-23-15-7-8-17(21)14(9-15)12-22-18-6-4-5-13-10-19(24-2)20(25-3)11-16(13)18/h2*4-12H,1-3H3. The van der Waals surface area contributed by atoms with E-state index in [4.69, 9.17) is 28.4 Å². The third-order valence-electron chi connectivity index (χ3n) is 7.81. The number of hydrogen-bond donors (Lipinski definition) is 0. The van der Waals surface area contributed by atoms with Crippen molar-refractivity contribution in [3.63, 3.8) is 0 Å². The molecule has 6 rings (SSSR count). The van der Waals surface area contributed by atoms with E-state index >= 15 is 0 Å². The number of hydrogen-bond acceptors (Lipinski definition) is 8. The van der Waals surface area contributed by atoms with Gasteiger partial charge in [0.05, 0.1) is 54.0 Å². The van der Waals surface area contributed by atoms with Crippen LogP contribution in [0.2, 0.25) is 0 Å². The minimum Gasteiger partial charge on any atom is -0.497 e. The molecule has 6 aromatic rings. The van der Waals surface area contributed by atoms with Gasteiger partial charge in [-0.05, 0) is 83.6 Å². The van der Waals surface area contributed by atoms with Gasteiger partial charge in [0.1, 0.15) is 11.5 Å². The van der Waals surface area contributed by atoms with E-state index in [1.807, 2.05) is 109 Å². The number of benzene rings is 6. The molecule has 0 aliphatic rings. The number of methoxy groups -OCH3 is 6. The van der Waals surface area contributed by atoms with E-state index in [-0.39, 0.29) is 0 Å². The Bertz CT molecular complexity index is 2030. The lowest BCUT2D eigenvalue weighted by molar-refractivity contribution is 0.356. The van der Waals surface area contributed by atoms with Crippen LogP contribution in [0.4, 0.5) is 11.4 Å². The topological polar surface area (TPSA) is 80.1 Å². The average molecular weight is 801 g/mol. The Labute approximate surface area is 308 Å². The molecule has 0 unspecified atom stereocenters. The lowest BCUT2D eigenvalue weighted by atomic mass is 10.1. The van der Waals surface area contributed by atoms with E-state index in [0.717, 1.165) is 64.5 Å². The first-order valence-corrected chi connectivity index (χ1v) is 17.0. The molecule has 0 N–H and O–H groups in total. The number of fused-ring (bicyclic) bond motifs is 2. The van der Waals surface area contributed by atoms with Crippen LogP contribution in [-0.2, 0) is 0 Å². The highest BCUT2D eigenvalue weighted by molar-refractivity contribution is 9.10. The van der Waals surface area contributed by atoms with Crippen molar-refractivity contribution in [3.05, 3.63) is 117 Å². The summed E-state index contributed by atoms with van der Waals surface area (Å²) in [4.78, 5) is 9.33. The Morgan fingerprint density at radius 3 is 1.18 bits per heavy atom. The fraction of sp³-hybridized carbons (Fsp3) is 0.150. The maximum Gasteiger partial charge on any atom is 0.161 e. The van der Waals surface area contributed by atoms with Crippen LogP contribution in [0.3, 0.4) is 0 Å². The first kappa shape index (κ1) is 36.2. The lowest BCUT2D eigenvalue weighted by Gasteiger charge is -2.10. The summed E-state index contributed by atoms with van der Waals surface area (Å²) < 4.78 is 34.0. The van der Waals surface area contributed by atoms with Crippen molar-refractivity contribution in [2.24, 2.45) is 9.98 Å². The van der Waals surface area contributed by atoms with Crippen LogP contribution in [0.1, 0.15) is 11.1 Å². The smallest absolute Gasteiger partial charge is 0.161 e.